The SMILES string of the molecule is CCCSC(=O)[C@H]1[C@H](C)ON(C(C)(C)C)[C@@H]1c1ccccc1. The van der Waals surface area contributed by atoms with Crippen molar-refractivity contribution in [1.29, 1.82) is 0 Å². The maximum Gasteiger partial charge on any atom is 0.196 e. The summed E-state index contributed by atoms with van der Waals surface area (Å²) in [5.74, 6) is 0.747. The third kappa shape index (κ3) is 3.73. The number of carbonyl (C=O) groups is 1. The van der Waals surface area contributed by atoms with Crippen LogP contribution in [0.25, 0.3) is 0 Å². The van der Waals surface area contributed by atoms with Crippen molar-refractivity contribution in [3.8, 4) is 0 Å². The fourth-order valence-corrected chi connectivity index (χ4v) is 3.82. The molecule has 4 heteroatoms. The van der Waals surface area contributed by atoms with Gasteiger partial charge in [0, 0.05) is 11.3 Å². The first kappa shape index (κ1) is 17.5. The summed E-state index contributed by atoms with van der Waals surface area (Å²) >= 11 is 1.44. The summed E-state index contributed by atoms with van der Waals surface area (Å²) in [5, 5.41) is 2.26. The van der Waals surface area contributed by atoms with Crippen LogP contribution in [0.15, 0.2) is 30.3 Å². The molecule has 122 valence electrons. The van der Waals surface area contributed by atoms with Gasteiger partial charge in [0.15, 0.2) is 5.12 Å². The summed E-state index contributed by atoms with van der Waals surface area (Å²) in [5.41, 5.74) is 0.997. The van der Waals surface area contributed by atoms with Crippen LogP contribution in [0.5, 0.6) is 0 Å². The van der Waals surface area contributed by atoms with E-state index in [9.17, 15) is 4.79 Å². The van der Waals surface area contributed by atoms with E-state index >= 15 is 0 Å². The van der Waals surface area contributed by atoms with Crippen molar-refractivity contribution in [3.63, 3.8) is 0 Å². The average molecular weight is 321 g/mol. The normalized spacial score (nSPS) is 26.3. The molecule has 1 saturated heterocycles. The van der Waals surface area contributed by atoms with Crippen LogP contribution in [0, 0.1) is 5.92 Å². The fourth-order valence-electron chi connectivity index (χ4n) is 2.90. The molecule has 22 heavy (non-hydrogen) atoms. The van der Waals surface area contributed by atoms with Crippen LogP contribution in [0.3, 0.4) is 0 Å². The van der Waals surface area contributed by atoms with Gasteiger partial charge in [-0.15, -0.1) is 0 Å². The zero-order valence-electron chi connectivity index (χ0n) is 14.2. The molecule has 1 aliphatic rings. The Morgan fingerprint density at radius 1 is 1.27 bits per heavy atom. The van der Waals surface area contributed by atoms with Gasteiger partial charge in [-0.2, -0.15) is 5.06 Å². The molecule has 1 heterocycles. The van der Waals surface area contributed by atoms with E-state index in [0.717, 1.165) is 17.7 Å². The van der Waals surface area contributed by atoms with E-state index < -0.39 is 0 Å². The Morgan fingerprint density at radius 3 is 2.45 bits per heavy atom. The maximum atomic E-state index is 12.7. The molecule has 2 rings (SSSR count). The molecule has 0 aromatic heterocycles. The average Bonchev–Trinajstić information content (AvgIpc) is 2.83. The first-order valence-corrected chi connectivity index (χ1v) is 9.02. The van der Waals surface area contributed by atoms with Gasteiger partial charge in [0.05, 0.1) is 18.1 Å². The van der Waals surface area contributed by atoms with Gasteiger partial charge in [0.1, 0.15) is 0 Å². The topological polar surface area (TPSA) is 29.5 Å². The Bertz CT molecular complexity index is 498. The molecule has 0 spiro atoms. The molecule has 0 N–H and O–H groups in total. The third-order valence-electron chi connectivity index (χ3n) is 3.90. The van der Waals surface area contributed by atoms with Crippen LogP contribution in [0.4, 0.5) is 0 Å². The number of hydroxylamine groups is 2. The largest absolute Gasteiger partial charge is 0.294 e. The van der Waals surface area contributed by atoms with Crippen LogP contribution < -0.4 is 0 Å². The Kier molecular flexibility index (Phi) is 5.70. The van der Waals surface area contributed by atoms with Gasteiger partial charge < -0.3 is 0 Å². The van der Waals surface area contributed by atoms with Crippen LogP contribution in [-0.2, 0) is 9.63 Å². The van der Waals surface area contributed by atoms with Gasteiger partial charge in [-0.3, -0.25) is 9.63 Å². The molecule has 0 saturated carbocycles. The van der Waals surface area contributed by atoms with Crippen LogP contribution in [-0.4, -0.2) is 27.6 Å². The second-order valence-corrected chi connectivity index (χ2v) is 7.96. The highest BCUT2D eigenvalue weighted by atomic mass is 32.2. The predicted octanol–water partition coefficient (Wildman–Crippen LogP) is 4.45. The van der Waals surface area contributed by atoms with Crippen LogP contribution in [0.2, 0.25) is 0 Å². The van der Waals surface area contributed by atoms with E-state index in [1.807, 2.05) is 30.2 Å². The van der Waals surface area contributed by atoms with Gasteiger partial charge in [-0.25, -0.2) is 0 Å². The Balaban J connectivity index is 2.35. The van der Waals surface area contributed by atoms with Crippen molar-refractivity contribution < 1.29 is 9.63 Å². The lowest BCUT2D eigenvalue weighted by molar-refractivity contribution is -0.209. The number of carbonyl (C=O) groups excluding carboxylic acids is 1. The smallest absolute Gasteiger partial charge is 0.196 e. The summed E-state index contributed by atoms with van der Waals surface area (Å²) in [6.45, 7) is 10.5. The van der Waals surface area contributed by atoms with Crippen LogP contribution >= 0.6 is 11.8 Å². The van der Waals surface area contributed by atoms with Crippen molar-refractivity contribution in [3.05, 3.63) is 35.9 Å². The summed E-state index contributed by atoms with van der Waals surface area (Å²) in [7, 11) is 0. The summed E-state index contributed by atoms with van der Waals surface area (Å²) < 4.78 is 0. The summed E-state index contributed by atoms with van der Waals surface area (Å²) in [4.78, 5) is 18.8. The van der Waals surface area contributed by atoms with Crippen molar-refractivity contribution in [2.45, 2.75) is 58.7 Å². The number of hydrogen-bond donors (Lipinski definition) is 0. The highest BCUT2D eigenvalue weighted by molar-refractivity contribution is 8.13. The molecule has 0 unspecified atom stereocenters. The van der Waals surface area contributed by atoms with E-state index in [0.29, 0.717) is 0 Å². The highest BCUT2D eigenvalue weighted by Gasteiger charge is 2.49. The van der Waals surface area contributed by atoms with E-state index in [2.05, 4.69) is 39.8 Å². The minimum atomic E-state index is -0.154. The monoisotopic (exact) mass is 321 g/mol. The number of hydrogen-bond acceptors (Lipinski definition) is 4. The highest BCUT2D eigenvalue weighted by Crippen LogP contribution is 2.45. The number of thioether (sulfide) groups is 1. The quantitative estimate of drug-likeness (QED) is 0.819. The standard InChI is InChI=1S/C18H27NO2S/c1-6-12-22-17(20)15-13(2)21-19(18(3,4)5)16(15)14-10-8-7-9-11-14/h7-11,13,15-16H,6,12H2,1-5H3/t13-,15-,16+/m0/s1. The van der Waals surface area contributed by atoms with E-state index in [-0.39, 0.29) is 28.7 Å². The molecular weight excluding hydrogens is 294 g/mol. The molecule has 0 radical (unpaired) electrons. The van der Waals surface area contributed by atoms with Gasteiger partial charge in [-0.05, 0) is 39.7 Å². The van der Waals surface area contributed by atoms with E-state index in [4.69, 9.17) is 4.84 Å². The van der Waals surface area contributed by atoms with Gasteiger partial charge in [0.2, 0.25) is 0 Å². The van der Waals surface area contributed by atoms with E-state index in [1.165, 1.54) is 11.8 Å². The maximum absolute atomic E-state index is 12.7. The van der Waals surface area contributed by atoms with Gasteiger partial charge in [0.25, 0.3) is 0 Å². The number of nitrogens with zero attached hydrogens (tertiary/aromatic N) is 1. The lowest BCUT2D eigenvalue weighted by Gasteiger charge is -2.36. The lowest BCUT2D eigenvalue weighted by Crippen LogP contribution is -2.41. The lowest BCUT2D eigenvalue weighted by atomic mass is 9.89. The van der Waals surface area contributed by atoms with Crippen molar-refractivity contribution in [2.75, 3.05) is 5.75 Å². The molecule has 1 aromatic carbocycles. The first-order chi connectivity index (χ1) is 10.4. The fraction of sp³-hybridized carbons (Fsp3) is 0.611. The Hall–Kier alpha value is -0.840. The molecule has 1 fully saturated rings. The molecule has 3 atom stereocenters. The van der Waals surface area contributed by atoms with Crippen molar-refractivity contribution in [1.82, 2.24) is 5.06 Å². The van der Waals surface area contributed by atoms with Crippen molar-refractivity contribution in [2.24, 2.45) is 5.92 Å². The van der Waals surface area contributed by atoms with Crippen LogP contribution in [0.1, 0.15) is 52.6 Å². The summed E-state index contributed by atoms with van der Waals surface area (Å²) in [6.07, 6.45) is 0.915. The second kappa shape index (κ2) is 7.16. The molecule has 0 aliphatic carbocycles. The number of rotatable bonds is 4. The predicted molar refractivity (Wildman–Crippen MR) is 92.6 cm³/mol. The Morgan fingerprint density at radius 2 is 1.91 bits per heavy atom. The molecule has 0 amide bonds. The zero-order chi connectivity index (χ0) is 16.3. The minimum Gasteiger partial charge on any atom is -0.294 e. The zero-order valence-corrected chi connectivity index (χ0v) is 15.0. The molecule has 0 bridgehead atoms. The van der Waals surface area contributed by atoms with Crippen molar-refractivity contribution >= 4 is 16.9 Å². The summed E-state index contributed by atoms with van der Waals surface area (Å²) in [6, 6.07) is 10.2. The third-order valence-corrected chi connectivity index (χ3v) is 5.07. The second-order valence-electron chi connectivity index (χ2n) is 6.86. The molecule has 1 aromatic rings. The molecule has 3 nitrogen and oxygen atoms in total. The molecular formula is C18H27NO2S. The van der Waals surface area contributed by atoms with E-state index in [1.54, 1.807) is 0 Å². The van der Waals surface area contributed by atoms with Gasteiger partial charge in [-0.1, -0.05) is 49.0 Å². The Labute approximate surface area is 138 Å². The van der Waals surface area contributed by atoms with Gasteiger partial charge >= 0.3 is 0 Å². The molecule has 1 aliphatic heterocycles. The first-order valence-electron chi connectivity index (χ1n) is 8.04. The minimum absolute atomic E-state index is 0.0203. The number of benzene rings is 1.